The standard InChI is InChI=1S/C14H17NO5/c1-18-13(16)11(12-8-3-5-9-15-12)7-4-6-10-20-14(17)19-2/h3-6,8-9,11H,7,10H2,1-2H3/b6-4+. The quantitative estimate of drug-likeness (QED) is 0.586. The molecule has 1 atom stereocenters. The van der Waals surface area contributed by atoms with Crippen molar-refractivity contribution < 1.29 is 23.8 Å². The van der Waals surface area contributed by atoms with Gasteiger partial charge in [0.15, 0.2) is 0 Å². The Morgan fingerprint density at radius 3 is 2.65 bits per heavy atom. The fourth-order valence-corrected chi connectivity index (χ4v) is 1.54. The van der Waals surface area contributed by atoms with E-state index in [4.69, 9.17) is 4.74 Å². The number of hydrogen-bond acceptors (Lipinski definition) is 6. The van der Waals surface area contributed by atoms with Crippen LogP contribution in [0.15, 0.2) is 36.5 Å². The third-order valence-electron chi connectivity index (χ3n) is 2.53. The molecule has 0 bridgehead atoms. The molecule has 1 aromatic rings. The highest BCUT2D eigenvalue weighted by Crippen LogP contribution is 2.19. The first-order valence-corrected chi connectivity index (χ1v) is 6.03. The topological polar surface area (TPSA) is 74.7 Å². The lowest BCUT2D eigenvalue weighted by atomic mass is 10.0. The number of rotatable bonds is 6. The maximum Gasteiger partial charge on any atom is 0.508 e. The van der Waals surface area contributed by atoms with Gasteiger partial charge < -0.3 is 14.2 Å². The van der Waals surface area contributed by atoms with Crippen molar-refractivity contribution in [1.82, 2.24) is 4.98 Å². The number of pyridine rings is 1. The average Bonchev–Trinajstić information content (AvgIpc) is 2.50. The smallest absolute Gasteiger partial charge is 0.468 e. The highest BCUT2D eigenvalue weighted by Gasteiger charge is 2.20. The maximum atomic E-state index is 11.7. The molecule has 6 heteroatoms. The summed E-state index contributed by atoms with van der Waals surface area (Å²) >= 11 is 0. The number of methoxy groups -OCH3 is 2. The van der Waals surface area contributed by atoms with E-state index in [-0.39, 0.29) is 12.6 Å². The van der Waals surface area contributed by atoms with E-state index >= 15 is 0 Å². The third kappa shape index (κ3) is 5.09. The second kappa shape index (κ2) is 8.68. The van der Waals surface area contributed by atoms with Crippen molar-refractivity contribution in [3.63, 3.8) is 0 Å². The van der Waals surface area contributed by atoms with Crippen LogP contribution in [0.25, 0.3) is 0 Å². The van der Waals surface area contributed by atoms with Gasteiger partial charge in [-0.05, 0) is 18.6 Å². The van der Waals surface area contributed by atoms with Gasteiger partial charge in [0.1, 0.15) is 12.5 Å². The van der Waals surface area contributed by atoms with Crippen molar-refractivity contribution in [2.24, 2.45) is 0 Å². The fourth-order valence-electron chi connectivity index (χ4n) is 1.54. The Bertz CT molecular complexity index is 458. The highest BCUT2D eigenvalue weighted by atomic mass is 16.7. The Kier molecular flexibility index (Phi) is 6.81. The molecule has 1 rings (SSSR count). The number of carbonyl (C=O) groups excluding carboxylic acids is 2. The van der Waals surface area contributed by atoms with E-state index in [1.54, 1.807) is 30.5 Å². The molecule has 1 heterocycles. The number of esters is 1. The second-order valence-electron chi connectivity index (χ2n) is 3.80. The van der Waals surface area contributed by atoms with Crippen LogP contribution >= 0.6 is 0 Å². The van der Waals surface area contributed by atoms with E-state index in [0.29, 0.717) is 12.1 Å². The Labute approximate surface area is 117 Å². The molecule has 1 unspecified atom stereocenters. The Morgan fingerprint density at radius 2 is 2.05 bits per heavy atom. The van der Waals surface area contributed by atoms with Crippen molar-refractivity contribution >= 4 is 12.1 Å². The molecule has 0 spiro atoms. The Morgan fingerprint density at radius 1 is 1.25 bits per heavy atom. The summed E-state index contributed by atoms with van der Waals surface area (Å²) in [7, 11) is 2.57. The van der Waals surface area contributed by atoms with Gasteiger partial charge in [-0.1, -0.05) is 18.2 Å². The van der Waals surface area contributed by atoms with E-state index in [1.165, 1.54) is 14.2 Å². The summed E-state index contributed by atoms with van der Waals surface area (Å²) in [5.74, 6) is -0.835. The fraction of sp³-hybridized carbons (Fsp3) is 0.357. The summed E-state index contributed by atoms with van der Waals surface area (Å²) in [5, 5.41) is 0. The summed E-state index contributed by atoms with van der Waals surface area (Å²) in [5.41, 5.74) is 0.637. The Balaban J connectivity index is 2.57. The maximum absolute atomic E-state index is 11.7. The summed E-state index contributed by atoms with van der Waals surface area (Å²) in [6.45, 7) is 0.0861. The number of hydrogen-bond donors (Lipinski definition) is 0. The highest BCUT2D eigenvalue weighted by molar-refractivity contribution is 5.77. The molecule has 6 nitrogen and oxygen atoms in total. The van der Waals surface area contributed by atoms with Gasteiger partial charge in [0, 0.05) is 6.20 Å². The molecule has 0 fully saturated rings. The first-order chi connectivity index (χ1) is 9.69. The predicted octanol–water partition coefficient (Wildman–Crippen LogP) is 2.07. The molecule has 0 radical (unpaired) electrons. The molecule has 0 aliphatic rings. The number of carbonyl (C=O) groups is 2. The number of nitrogens with zero attached hydrogens (tertiary/aromatic N) is 1. The molecule has 0 amide bonds. The minimum absolute atomic E-state index is 0.0861. The third-order valence-corrected chi connectivity index (χ3v) is 2.53. The zero-order valence-corrected chi connectivity index (χ0v) is 11.4. The molecule has 1 aromatic heterocycles. The van der Waals surface area contributed by atoms with Crippen LogP contribution in [0.1, 0.15) is 18.0 Å². The molecule has 0 saturated carbocycles. The van der Waals surface area contributed by atoms with Gasteiger partial charge in [-0.2, -0.15) is 0 Å². The lowest BCUT2D eigenvalue weighted by Crippen LogP contribution is -2.15. The van der Waals surface area contributed by atoms with Gasteiger partial charge in [-0.3, -0.25) is 9.78 Å². The first kappa shape index (κ1) is 15.7. The van der Waals surface area contributed by atoms with E-state index < -0.39 is 12.1 Å². The zero-order valence-electron chi connectivity index (χ0n) is 11.4. The van der Waals surface area contributed by atoms with E-state index in [9.17, 15) is 9.59 Å². The van der Waals surface area contributed by atoms with Crippen molar-refractivity contribution in [1.29, 1.82) is 0 Å². The van der Waals surface area contributed by atoms with Gasteiger partial charge in [0.25, 0.3) is 0 Å². The lowest BCUT2D eigenvalue weighted by Gasteiger charge is -2.11. The van der Waals surface area contributed by atoms with Crippen LogP contribution in [0.3, 0.4) is 0 Å². The van der Waals surface area contributed by atoms with E-state index in [0.717, 1.165) is 0 Å². The second-order valence-corrected chi connectivity index (χ2v) is 3.80. The SMILES string of the molecule is COC(=O)OC/C=C/CC(C(=O)OC)c1ccccn1. The lowest BCUT2D eigenvalue weighted by molar-refractivity contribution is -0.142. The molecule has 0 aromatic carbocycles. The number of ether oxygens (including phenoxy) is 3. The van der Waals surface area contributed by atoms with Crippen molar-refractivity contribution in [3.8, 4) is 0 Å². The number of aromatic nitrogens is 1. The van der Waals surface area contributed by atoms with Crippen molar-refractivity contribution in [2.45, 2.75) is 12.3 Å². The molecular formula is C14H17NO5. The molecule has 0 N–H and O–H groups in total. The summed E-state index contributed by atoms with van der Waals surface area (Å²) in [4.78, 5) is 26.6. The molecule has 0 aliphatic carbocycles. The molecule has 108 valence electrons. The van der Waals surface area contributed by atoms with Crippen LogP contribution in [-0.2, 0) is 19.0 Å². The van der Waals surface area contributed by atoms with Gasteiger partial charge in [0.05, 0.1) is 19.9 Å². The summed E-state index contributed by atoms with van der Waals surface area (Å²) in [6.07, 6.45) is 4.65. The largest absolute Gasteiger partial charge is 0.508 e. The van der Waals surface area contributed by atoms with Crippen LogP contribution < -0.4 is 0 Å². The predicted molar refractivity (Wildman–Crippen MR) is 71.1 cm³/mol. The summed E-state index contributed by atoms with van der Waals surface area (Å²) in [6, 6.07) is 5.35. The molecule has 0 aliphatic heterocycles. The zero-order chi connectivity index (χ0) is 14.8. The van der Waals surface area contributed by atoms with Crippen molar-refractivity contribution in [2.75, 3.05) is 20.8 Å². The molecule has 20 heavy (non-hydrogen) atoms. The van der Waals surface area contributed by atoms with Crippen molar-refractivity contribution in [3.05, 3.63) is 42.2 Å². The molecular weight excluding hydrogens is 262 g/mol. The number of allylic oxidation sites excluding steroid dienone is 1. The van der Waals surface area contributed by atoms with Gasteiger partial charge in [-0.15, -0.1) is 0 Å². The molecule has 0 saturated heterocycles. The van der Waals surface area contributed by atoms with Crippen LogP contribution in [0, 0.1) is 0 Å². The van der Waals surface area contributed by atoms with Crippen LogP contribution in [0.2, 0.25) is 0 Å². The van der Waals surface area contributed by atoms with E-state index in [1.807, 2.05) is 6.07 Å². The van der Waals surface area contributed by atoms with Gasteiger partial charge in [0.2, 0.25) is 0 Å². The normalized spacial score (nSPS) is 11.9. The van der Waals surface area contributed by atoms with Crippen LogP contribution in [0.4, 0.5) is 4.79 Å². The van der Waals surface area contributed by atoms with Crippen LogP contribution in [-0.4, -0.2) is 37.9 Å². The summed E-state index contributed by atoms with van der Waals surface area (Å²) < 4.78 is 13.8. The average molecular weight is 279 g/mol. The van der Waals surface area contributed by atoms with E-state index in [2.05, 4.69) is 14.5 Å². The minimum atomic E-state index is -0.746. The first-order valence-electron chi connectivity index (χ1n) is 6.03. The monoisotopic (exact) mass is 279 g/mol. The minimum Gasteiger partial charge on any atom is -0.468 e. The van der Waals surface area contributed by atoms with Gasteiger partial charge >= 0.3 is 12.1 Å². The van der Waals surface area contributed by atoms with Crippen LogP contribution in [0.5, 0.6) is 0 Å². The van der Waals surface area contributed by atoms with Gasteiger partial charge in [-0.25, -0.2) is 4.79 Å². The Hall–Kier alpha value is -2.37.